The molecule has 0 aliphatic rings. The van der Waals surface area contributed by atoms with Gasteiger partial charge in [0.05, 0.1) is 5.02 Å². The van der Waals surface area contributed by atoms with Crippen LogP contribution in [0, 0.1) is 11.7 Å². The van der Waals surface area contributed by atoms with Gasteiger partial charge in [-0.1, -0.05) is 38.4 Å². The van der Waals surface area contributed by atoms with Crippen molar-refractivity contribution in [3.05, 3.63) is 34.6 Å². The lowest BCUT2D eigenvalue weighted by molar-refractivity contribution is 0.397. The van der Waals surface area contributed by atoms with Crippen LogP contribution >= 0.6 is 11.6 Å². The van der Waals surface area contributed by atoms with Gasteiger partial charge in [0.1, 0.15) is 5.82 Å². The number of hydrogen-bond donors (Lipinski definition) is 1. The van der Waals surface area contributed by atoms with Crippen molar-refractivity contribution in [2.75, 3.05) is 6.54 Å². The van der Waals surface area contributed by atoms with Crippen LogP contribution in [0.3, 0.4) is 0 Å². The molecule has 0 radical (unpaired) electrons. The zero-order chi connectivity index (χ0) is 12.8. The molecule has 0 spiro atoms. The second-order valence-electron chi connectivity index (χ2n) is 4.76. The molecule has 0 fully saturated rings. The van der Waals surface area contributed by atoms with Crippen molar-refractivity contribution in [1.82, 2.24) is 5.32 Å². The molecule has 1 nitrogen and oxygen atoms in total. The van der Waals surface area contributed by atoms with E-state index in [9.17, 15) is 4.39 Å². The van der Waals surface area contributed by atoms with Gasteiger partial charge in [-0.25, -0.2) is 4.39 Å². The molecule has 0 heterocycles. The van der Waals surface area contributed by atoms with Gasteiger partial charge in [0.15, 0.2) is 0 Å². The molecule has 0 amide bonds. The molecular weight excluding hydrogens is 237 g/mol. The molecule has 1 atom stereocenters. The summed E-state index contributed by atoms with van der Waals surface area (Å²) in [6, 6.07) is 5.38. The van der Waals surface area contributed by atoms with Crippen LogP contribution in [-0.4, -0.2) is 12.6 Å². The Morgan fingerprint density at radius 3 is 2.59 bits per heavy atom. The summed E-state index contributed by atoms with van der Waals surface area (Å²) in [6.45, 7) is 7.55. The van der Waals surface area contributed by atoms with Gasteiger partial charge in [0.25, 0.3) is 0 Å². The summed E-state index contributed by atoms with van der Waals surface area (Å²) in [7, 11) is 0. The van der Waals surface area contributed by atoms with Crippen molar-refractivity contribution in [2.24, 2.45) is 5.92 Å². The van der Waals surface area contributed by atoms with E-state index in [1.807, 2.05) is 6.07 Å². The summed E-state index contributed by atoms with van der Waals surface area (Å²) >= 11 is 5.79. The first-order chi connectivity index (χ1) is 8.04. The van der Waals surface area contributed by atoms with Crippen LogP contribution in [0.15, 0.2) is 18.2 Å². The molecule has 0 bridgehead atoms. The predicted octanol–water partition coefficient (Wildman–Crippen LogP) is 4.05. The Morgan fingerprint density at radius 2 is 2.06 bits per heavy atom. The molecular formula is C14H21ClFN. The van der Waals surface area contributed by atoms with E-state index in [1.165, 1.54) is 6.07 Å². The smallest absolute Gasteiger partial charge is 0.141 e. The van der Waals surface area contributed by atoms with E-state index in [-0.39, 0.29) is 10.8 Å². The van der Waals surface area contributed by atoms with Gasteiger partial charge in [0, 0.05) is 6.04 Å². The Morgan fingerprint density at radius 1 is 1.35 bits per heavy atom. The topological polar surface area (TPSA) is 12.0 Å². The Kier molecular flexibility index (Phi) is 5.93. The molecule has 3 heteroatoms. The summed E-state index contributed by atoms with van der Waals surface area (Å²) in [4.78, 5) is 0. The van der Waals surface area contributed by atoms with Crippen LogP contribution in [0.2, 0.25) is 5.02 Å². The number of benzene rings is 1. The Hall–Kier alpha value is -0.600. The Balaban J connectivity index is 2.68. The van der Waals surface area contributed by atoms with Crippen LogP contribution in [0.25, 0.3) is 0 Å². The minimum Gasteiger partial charge on any atom is -0.313 e. The first-order valence-corrected chi connectivity index (χ1v) is 6.59. The highest BCUT2D eigenvalue weighted by Crippen LogP contribution is 2.18. The number of halogens is 2. The molecule has 1 unspecified atom stereocenters. The minimum absolute atomic E-state index is 0.209. The van der Waals surface area contributed by atoms with Crippen molar-refractivity contribution < 1.29 is 4.39 Å². The van der Waals surface area contributed by atoms with Gasteiger partial charge in [0.2, 0.25) is 0 Å². The summed E-state index contributed by atoms with van der Waals surface area (Å²) in [6.07, 6.45) is 2.01. The largest absolute Gasteiger partial charge is 0.313 e. The van der Waals surface area contributed by atoms with Gasteiger partial charge < -0.3 is 5.32 Å². The molecule has 17 heavy (non-hydrogen) atoms. The standard InChI is InChI=1S/C14H21ClFN/c1-4-7-17-14(10(2)3)9-11-5-6-13(16)12(15)8-11/h5-6,8,10,14,17H,4,7,9H2,1-3H3. The second-order valence-corrected chi connectivity index (χ2v) is 5.16. The first kappa shape index (κ1) is 14.5. The number of nitrogens with one attached hydrogen (secondary N) is 1. The molecule has 0 aliphatic heterocycles. The van der Waals surface area contributed by atoms with Crippen molar-refractivity contribution in [1.29, 1.82) is 0 Å². The van der Waals surface area contributed by atoms with Crippen molar-refractivity contribution in [3.8, 4) is 0 Å². The van der Waals surface area contributed by atoms with Gasteiger partial charge in [-0.15, -0.1) is 0 Å². The molecule has 0 saturated carbocycles. The van der Waals surface area contributed by atoms with E-state index in [1.54, 1.807) is 6.07 Å². The molecule has 1 N–H and O–H groups in total. The third-order valence-electron chi connectivity index (χ3n) is 2.90. The lowest BCUT2D eigenvalue weighted by atomic mass is 9.96. The number of rotatable bonds is 6. The average molecular weight is 258 g/mol. The third-order valence-corrected chi connectivity index (χ3v) is 3.19. The molecule has 96 valence electrons. The maximum absolute atomic E-state index is 13.0. The Bertz CT molecular complexity index is 352. The van der Waals surface area contributed by atoms with Crippen LogP contribution in [0.4, 0.5) is 4.39 Å². The highest BCUT2D eigenvalue weighted by atomic mass is 35.5. The van der Waals surface area contributed by atoms with E-state index < -0.39 is 0 Å². The first-order valence-electron chi connectivity index (χ1n) is 6.22. The average Bonchev–Trinajstić information content (AvgIpc) is 2.28. The van der Waals surface area contributed by atoms with Crippen molar-refractivity contribution in [2.45, 2.75) is 39.7 Å². The lowest BCUT2D eigenvalue weighted by Gasteiger charge is -2.22. The fourth-order valence-electron chi connectivity index (χ4n) is 1.79. The van der Waals surface area contributed by atoms with E-state index in [0.717, 1.165) is 24.9 Å². The van der Waals surface area contributed by atoms with Gasteiger partial charge in [-0.3, -0.25) is 0 Å². The summed E-state index contributed by atoms with van der Waals surface area (Å²) in [5.41, 5.74) is 1.08. The third kappa shape index (κ3) is 4.64. The van der Waals surface area contributed by atoms with Gasteiger partial charge >= 0.3 is 0 Å². The van der Waals surface area contributed by atoms with E-state index in [0.29, 0.717) is 12.0 Å². The monoisotopic (exact) mass is 257 g/mol. The fourth-order valence-corrected chi connectivity index (χ4v) is 2.00. The van der Waals surface area contributed by atoms with Crippen molar-refractivity contribution >= 4 is 11.6 Å². The lowest BCUT2D eigenvalue weighted by Crippen LogP contribution is -2.36. The number of hydrogen-bond acceptors (Lipinski definition) is 1. The van der Waals surface area contributed by atoms with Crippen LogP contribution in [0.5, 0.6) is 0 Å². The molecule has 0 aliphatic carbocycles. The highest BCUT2D eigenvalue weighted by molar-refractivity contribution is 6.30. The minimum atomic E-state index is -0.349. The van der Waals surface area contributed by atoms with Crippen molar-refractivity contribution in [3.63, 3.8) is 0 Å². The summed E-state index contributed by atoms with van der Waals surface area (Å²) in [5.74, 6) is 0.198. The van der Waals surface area contributed by atoms with Crippen LogP contribution < -0.4 is 5.32 Å². The second kappa shape index (κ2) is 6.97. The van der Waals surface area contributed by atoms with E-state index in [2.05, 4.69) is 26.1 Å². The zero-order valence-electron chi connectivity index (χ0n) is 10.8. The normalized spacial score (nSPS) is 13.1. The van der Waals surface area contributed by atoms with Crippen LogP contribution in [-0.2, 0) is 6.42 Å². The van der Waals surface area contributed by atoms with E-state index in [4.69, 9.17) is 11.6 Å². The van der Waals surface area contributed by atoms with E-state index >= 15 is 0 Å². The molecule has 1 aromatic carbocycles. The highest BCUT2D eigenvalue weighted by Gasteiger charge is 2.13. The summed E-state index contributed by atoms with van der Waals surface area (Å²) < 4.78 is 13.0. The quantitative estimate of drug-likeness (QED) is 0.811. The molecule has 1 aromatic rings. The van der Waals surface area contributed by atoms with Gasteiger partial charge in [-0.2, -0.15) is 0 Å². The fraction of sp³-hybridized carbons (Fsp3) is 0.571. The summed E-state index contributed by atoms with van der Waals surface area (Å²) in [5, 5.41) is 3.72. The molecule has 0 aromatic heterocycles. The SMILES string of the molecule is CCCNC(Cc1ccc(F)c(Cl)c1)C(C)C. The van der Waals surface area contributed by atoms with Crippen LogP contribution in [0.1, 0.15) is 32.8 Å². The predicted molar refractivity (Wildman–Crippen MR) is 72.0 cm³/mol. The Labute approximate surface area is 108 Å². The molecule has 1 rings (SSSR count). The maximum atomic E-state index is 13.0. The zero-order valence-corrected chi connectivity index (χ0v) is 11.5. The molecule has 0 saturated heterocycles. The van der Waals surface area contributed by atoms with Gasteiger partial charge in [-0.05, 0) is 43.0 Å². The maximum Gasteiger partial charge on any atom is 0.141 e.